The zero-order valence-corrected chi connectivity index (χ0v) is 10.9. The van der Waals surface area contributed by atoms with E-state index in [0.29, 0.717) is 12.3 Å². The van der Waals surface area contributed by atoms with Gasteiger partial charge in [-0.05, 0) is 12.3 Å². The first-order valence-corrected chi connectivity index (χ1v) is 6.38. The summed E-state index contributed by atoms with van der Waals surface area (Å²) < 4.78 is 0. The van der Waals surface area contributed by atoms with Crippen LogP contribution in [0, 0.1) is 5.92 Å². The number of amides is 1. The highest BCUT2D eigenvalue weighted by molar-refractivity contribution is 7.13. The van der Waals surface area contributed by atoms with Crippen molar-refractivity contribution in [3.8, 4) is 0 Å². The number of hydrogen-bond acceptors (Lipinski definition) is 4. The van der Waals surface area contributed by atoms with Gasteiger partial charge in [0.1, 0.15) is 0 Å². The van der Waals surface area contributed by atoms with Crippen LogP contribution in [0.4, 0.5) is 5.13 Å². The Bertz CT molecular complexity index is 336. The Morgan fingerprint density at radius 3 is 2.88 bits per heavy atom. The molecule has 0 aliphatic rings. The number of carbonyl (C=O) groups excluding carboxylic acids is 1. The van der Waals surface area contributed by atoms with Gasteiger partial charge < -0.3 is 10.6 Å². The van der Waals surface area contributed by atoms with Crippen molar-refractivity contribution < 1.29 is 4.79 Å². The fourth-order valence-corrected chi connectivity index (χ4v) is 1.90. The number of nitrogens with zero attached hydrogens (tertiary/aromatic N) is 1. The zero-order chi connectivity index (χ0) is 12.0. The number of carbonyl (C=O) groups is 1. The molecule has 0 aliphatic heterocycles. The SMILES string of the molecule is CNc1nc(CC(=O)NCCC(C)C)cs1. The van der Waals surface area contributed by atoms with Gasteiger partial charge in [0.15, 0.2) is 5.13 Å². The van der Waals surface area contributed by atoms with Crippen LogP contribution in [-0.2, 0) is 11.2 Å². The lowest BCUT2D eigenvalue weighted by atomic mass is 10.1. The fourth-order valence-electron chi connectivity index (χ4n) is 1.23. The quantitative estimate of drug-likeness (QED) is 0.799. The second-order valence-corrected chi connectivity index (χ2v) is 4.96. The first-order chi connectivity index (χ1) is 7.61. The molecule has 0 bridgehead atoms. The molecule has 1 heterocycles. The third-order valence-corrected chi connectivity index (χ3v) is 3.06. The molecular weight excluding hydrogens is 222 g/mol. The predicted molar refractivity (Wildman–Crippen MR) is 67.8 cm³/mol. The number of nitrogens with one attached hydrogen (secondary N) is 2. The van der Waals surface area contributed by atoms with E-state index in [1.165, 1.54) is 11.3 Å². The van der Waals surface area contributed by atoms with E-state index in [-0.39, 0.29) is 5.91 Å². The maximum atomic E-state index is 11.5. The molecule has 0 radical (unpaired) electrons. The first kappa shape index (κ1) is 13.0. The summed E-state index contributed by atoms with van der Waals surface area (Å²) in [7, 11) is 1.82. The normalized spacial score (nSPS) is 10.5. The molecule has 1 aromatic heterocycles. The number of hydrogen-bond donors (Lipinski definition) is 2. The maximum absolute atomic E-state index is 11.5. The molecule has 1 amide bonds. The number of aromatic nitrogens is 1. The molecule has 0 aliphatic carbocycles. The average molecular weight is 241 g/mol. The second-order valence-electron chi connectivity index (χ2n) is 4.10. The van der Waals surface area contributed by atoms with Gasteiger partial charge in [0.05, 0.1) is 12.1 Å². The molecule has 1 aromatic rings. The fraction of sp³-hybridized carbons (Fsp3) is 0.636. The third kappa shape index (κ3) is 4.61. The number of rotatable bonds is 6. The van der Waals surface area contributed by atoms with Crippen molar-refractivity contribution >= 4 is 22.4 Å². The Morgan fingerprint density at radius 2 is 2.31 bits per heavy atom. The van der Waals surface area contributed by atoms with Crippen molar-refractivity contribution in [2.75, 3.05) is 18.9 Å². The van der Waals surface area contributed by atoms with Crippen LogP contribution >= 0.6 is 11.3 Å². The lowest BCUT2D eigenvalue weighted by Crippen LogP contribution is -2.26. The summed E-state index contributed by atoms with van der Waals surface area (Å²) in [6.07, 6.45) is 1.39. The van der Waals surface area contributed by atoms with E-state index in [4.69, 9.17) is 0 Å². The van der Waals surface area contributed by atoms with Crippen LogP contribution < -0.4 is 10.6 Å². The maximum Gasteiger partial charge on any atom is 0.226 e. The van der Waals surface area contributed by atoms with Gasteiger partial charge in [-0.25, -0.2) is 4.98 Å². The van der Waals surface area contributed by atoms with Crippen molar-refractivity contribution in [2.24, 2.45) is 5.92 Å². The lowest BCUT2D eigenvalue weighted by molar-refractivity contribution is -0.120. The van der Waals surface area contributed by atoms with Gasteiger partial charge in [-0.15, -0.1) is 11.3 Å². The summed E-state index contributed by atoms with van der Waals surface area (Å²) in [5.41, 5.74) is 0.830. The molecular formula is C11H19N3OS. The van der Waals surface area contributed by atoms with Gasteiger partial charge in [-0.1, -0.05) is 13.8 Å². The zero-order valence-electron chi connectivity index (χ0n) is 10.0. The van der Waals surface area contributed by atoms with E-state index in [1.807, 2.05) is 12.4 Å². The summed E-state index contributed by atoms with van der Waals surface area (Å²) in [4.78, 5) is 15.8. The van der Waals surface area contributed by atoms with Crippen LogP contribution in [0.15, 0.2) is 5.38 Å². The standard InChI is InChI=1S/C11H19N3OS/c1-8(2)4-5-13-10(15)6-9-7-16-11(12-3)14-9/h7-8H,4-6H2,1-3H3,(H,12,14)(H,13,15). The molecule has 0 atom stereocenters. The molecule has 1 rings (SSSR count). The molecule has 0 spiro atoms. The van der Waals surface area contributed by atoms with Crippen molar-refractivity contribution in [3.63, 3.8) is 0 Å². The molecule has 4 nitrogen and oxygen atoms in total. The molecule has 16 heavy (non-hydrogen) atoms. The highest BCUT2D eigenvalue weighted by Gasteiger charge is 2.06. The van der Waals surface area contributed by atoms with E-state index in [1.54, 1.807) is 0 Å². The van der Waals surface area contributed by atoms with Crippen LogP contribution in [0.5, 0.6) is 0 Å². The van der Waals surface area contributed by atoms with Crippen molar-refractivity contribution in [3.05, 3.63) is 11.1 Å². The summed E-state index contributed by atoms with van der Waals surface area (Å²) in [6, 6.07) is 0. The third-order valence-electron chi connectivity index (χ3n) is 2.15. The highest BCUT2D eigenvalue weighted by Crippen LogP contribution is 2.14. The van der Waals surface area contributed by atoms with Crippen LogP contribution in [0.2, 0.25) is 0 Å². The largest absolute Gasteiger partial charge is 0.365 e. The Balaban J connectivity index is 2.28. The Hall–Kier alpha value is -1.10. The highest BCUT2D eigenvalue weighted by atomic mass is 32.1. The second kappa shape index (κ2) is 6.48. The minimum Gasteiger partial charge on any atom is -0.365 e. The van der Waals surface area contributed by atoms with Crippen molar-refractivity contribution in [2.45, 2.75) is 26.7 Å². The van der Waals surface area contributed by atoms with E-state index in [0.717, 1.165) is 23.8 Å². The molecule has 0 fully saturated rings. The van der Waals surface area contributed by atoms with Gasteiger partial charge in [0.2, 0.25) is 5.91 Å². The predicted octanol–water partition coefficient (Wildman–Crippen LogP) is 1.89. The number of anilines is 1. The average Bonchev–Trinajstić information content (AvgIpc) is 2.65. The Kier molecular flexibility index (Phi) is 5.25. The minimum absolute atomic E-state index is 0.0496. The van der Waals surface area contributed by atoms with Gasteiger partial charge in [0, 0.05) is 19.0 Å². The van der Waals surface area contributed by atoms with Crippen molar-refractivity contribution in [1.82, 2.24) is 10.3 Å². The monoisotopic (exact) mass is 241 g/mol. The molecule has 0 saturated heterocycles. The Morgan fingerprint density at radius 1 is 1.56 bits per heavy atom. The van der Waals surface area contributed by atoms with Crippen LogP contribution in [0.1, 0.15) is 26.0 Å². The van der Waals surface area contributed by atoms with E-state index >= 15 is 0 Å². The number of thiazole rings is 1. The van der Waals surface area contributed by atoms with E-state index < -0.39 is 0 Å². The first-order valence-electron chi connectivity index (χ1n) is 5.50. The molecule has 0 saturated carbocycles. The molecule has 2 N–H and O–H groups in total. The summed E-state index contributed by atoms with van der Waals surface area (Å²) in [5.74, 6) is 0.670. The Labute approximate surface area is 100 Å². The summed E-state index contributed by atoms with van der Waals surface area (Å²) in [6.45, 7) is 5.04. The van der Waals surface area contributed by atoms with Crippen molar-refractivity contribution in [1.29, 1.82) is 0 Å². The lowest BCUT2D eigenvalue weighted by Gasteiger charge is -2.05. The van der Waals surface area contributed by atoms with E-state index in [9.17, 15) is 4.79 Å². The van der Waals surface area contributed by atoms with E-state index in [2.05, 4.69) is 29.5 Å². The van der Waals surface area contributed by atoms with Gasteiger partial charge in [-0.3, -0.25) is 4.79 Å². The van der Waals surface area contributed by atoms with Gasteiger partial charge in [-0.2, -0.15) is 0 Å². The molecule has 0 aromatic carbocycles. The van der Waals surface area contributed by atoms with Gasteiger partial charge in [0.25, 0.3) is 0 Å². The molecule has 5 heteroatoms. The summed E-state index contributed by atoms with van der Waals surface area (Å²) >= 11 is 1.52. The van der Waals surface area contributed by atoms with Gasteiger partial charge >= 0.3 is 0 Å². The molecule has 0 unspecified atom stereocenters. The molecule has 90 valence electrons. The smallest absolute Gasteiger partial charge is 0.226 e. The van der Waals surface area contributed by atoms with Crippen LogP contribution in [0.25, 0.3) is 0 Å². The van der Waals surface area contributed by atoms with Crippen LogP contribution in [-0.4, -0.2) is 24.5 Å². The topological polar surface area (TPSA) is 54.0 Å². The summed E-state index contributed by atoms with van der Waals surface area (Å²) in [5, 5.41) is 8.61. The van der Waals surface area contributed by atoms with Crippen LogP contribution in [0.3, 0.4) is 0 Å². The minimum atomic E-state index is 0.0496.